The summed E-state index contributed by atoms with van der Waals surface area (Å²) in [5.41, 5.74) is 4.11. The van der Waals surface area contributed by atoms with Crippen molar-refractivity contribution in [1.82, 2.24) is 9.88 Å². The van der Waals surface area contributed by atoms with Gasteiger partial charge in [-0.1, -0.05) is 30.4 Å². The molecule has 0 saturated carbocycles. The van der Waals surface area contributed by atoms with E-state index in [4.69, 9.17) is 4.98 Å². The van der Waals surface area contributed by atoms with E-state index in [2.05, 4.69) is 43.9 Å². The number of thioether (sulfide) groups is 1. The Kier molecular flexibility index (Phi) is 6.75. The van der Waals surface area contributed by atoms with Gasteiger partial charge in [-0.25, -0.2) is 4.98 Å². The van der Waals surface area contributed by atoms with Gasteiger partial charge >= 0.3 is 0 Å². The molecule has 28 heavy (non-hydrogen) atoms. The highest BCUT2D eigenvalue weighted by molar-refractivity contribution is 7.99. The van der Waals surface area contributed by atoms with Crippen molar-refractivity contribution in [2.75, 3.05) is 37.8 Å². The smallest absolute Gasteiger partial charge is 0.260 e. The third-order valence-electron chi connectivity index (χ3n) is 4.71. The summed E-state index contributed by atoms with van der Waals surface area (Å²) in [5, 5.41) is 0.768. The van der Waals surface area contributed by atoms with E-state index in [1.165, 1.54) is 11.1 Å². The monoisotopic (exact) mass is 413 g/mol. The number of anilines is 1. The van der Waals surface area contributed by atoms with Gasteiger partial charge in [0.25, 0.3) is 5.91 Å². The van der Waals surface area contributed by atoms with Crippen LogP contribution in [0.2, 0.25) is 0 Å². The van der Waals surface area contributed by atoms with Crippen molar-refractivity contribution >= 4 is 44.4 Å². The molecule has 0 fully saturated rings. The highest BCUT2D eigenvalue weighted by Gasteiger charge is 2.22. The van der Waals surface area contributed by atoms with Crippen LogP contribution in [-0.2, 0) is 0 Å². The van der Waals surface area contributed by atoms with E-state index in [1.807, 2.05) is 37.2 Å². The number of benzene rings is 2. The average molecular weight is 414 g/mol. The first-order valence-corrected chi connectivity index (χ1v) is 11.3. The molecule has 1 aromatic heterocycles. The summed E-state index contributed by atoms with van der Waals surface area (Å²) in [6, 6.07) is 12.1. The van der Waals surface area contributed by atoms with Crippen molar-refractivity contribution < 1.29 is 4.79 Å². The van der Waals surface area contributed by atoms with E-state index in [0.29, 0.717) is 12.1 Å². The SMILES string of the molecule is CCSc1cccc(C(=O)N(CCN(C)C)c2nc3c(C)c(C)ccc3s2)c1. The number of amides is 1. The quantitative estimate of drug-likeness (QED) is 0.497. The van der Waals surface area contributed by atoms with E-state index in [9.17, 15) is 4.79 Å². The molecular weight excluding hydrogens is 386 g/mol. The van der Waals surface area contributed by atoms with Crippen molar-refractivity contribution in [1.29, 1.82) is 0 Å². The number of fused-ring (bicyclic) bond motifs is 1. The lowest BCUT2D eigenvalue weighted by molar-refractivity contribution is 0.0985. The zero-order valence-electron chi connectivity index (χ0n) is 17.2. The number of aryl methyl sites for hydroxylation is 2. The normalized spacial score (nSPS) is 11.4. The Labute approximate surface area is 175 Å². The van der Waals surface area contributed by atoms with Crippen molar-refractivity contribution in [3.63, 3.8) is 0 Å². The van der Waals surface area contributed by atoms with Crippen LogP contribution in [0.1, 0.15) is 28.4 Å². The molecule has 148 valence electrons. The summed E-state index contributed by atoms with van der Waals surface area (Å²) in [7, 11) is 4.04. The van der Waals surface area contributed by atoms with Gasteiger partial charge in [-0.2, -0.15) is 0 Å². The van der Waals surface area contributed by atoms with E-state index in [-0.39, 0.29) is 5.91 Å². The number of hydrogen-bond acceptors (Lipinski definition) is 5. The molecule has 0 aliphatic rings. The first kappa shape index (κ1) is 20.8. The Bertz CT molecular complexity index is 981. The summed E-state index contributed by atoms with van der Waals surface area (Å²) in [4.78, 5) is 23.3. The second-order valence-corrected chi connectivity index (χ2v) is 9.42. The standard InChI is InChI=1S/C22H27N3OS2/c1-6-27-18-9-7-8-17(14-18)21(26)25(13-12-24(4)5)22-23-20-16(3)15(2)10-11-19(20)28-22/h7-11,14H,6,12-13H2,1-5H3. The van der Waals surface area contributed by atoms with Crippen LogP contribution in [0.4, 0.5) is 5.13 Å². The molecule has 0 N–H and O–H groups in total. The van der Waals surface area contributed by atoms with Crippen molar-refractivity contribution in [3.8, 4) is 0 Å². The molecule has 0 saturated heterocycles. The van der Waals surface area contributed by atoms with E-state index in [0.717, 1.165) is 32.5 Å². The lowest BCUT2D eigenvalue weighted by Gasteiger charge is -2.22. The van der Waals surface area contributed by atoms with Gasteiger partial charge in [0, 0.05) is 23.5 Å². The highest BCUT2D eigenvalue weighted by atomic mass is 32.2. The second-order valence-electron chi connectivity index (χ2n) is 7.07. The van der Waals surface area contributed by atoms with Gasteiger partial charge in [0.15, 0.2) is 5.13 Å². The zero-order valence-corrected chi connectivity index (χ0v) is 18.8. The van der Waals surface area contributed by atoms with Gasteiger partial charge in [-0.3, -0.25) is 9.69 Å². The number of carbonyl (C=O) groups excluding carboxylic acids is 1. The zero-order chi connectivity index (χ0) is 20.3. The Morgan fingerprint density at radius 2 is 1.93 bits per heavy atom. The molecule has 0 radical (unpaired) electrons. The number of thiazole rings is 1. The number of carbonyl (C=O) groups is 1. The summed E-state index contributed by atoms with van der Waals surface area (Å²) in [6.07, 6.45) is 0. The fourth-order valence-corrected chi connectivity index (χ4v) is 4.72. The summed E-state index contributed by atoms with van der Waals surface area (Å²) in [6.45, 7) is 7.70. The van der Waals surface area contributed by atoms with Crippen LogP contribution in [0.3, 0.4) is 0 Å². The van der Waals surface area contributed by atoms with Gasteiger partial charge in [0.05, 0.1) is 10.2 Å². The Morgan fingerprint density at radius 3 is 2.64 bits per heavy atom. The molecule has 2 aromatic carbocycles. The van der Waals surface area contributed by atoms with Crippen LogP contribution < -0.4 is 4.90 Å². The average Bonchev–Trinajstić information content (AvgIpc) is 3.10. The van der Waals surface area contributed by atoms with Crippen LogP contribution in [0, 0.1) is 13.8 Å². The van der Waals surface area contributed by atoms with Crippen molar-refractivity contribution in [3.05, 3.63) is 53.1 Å². The van der Waals surface area contributed by atoms with Crippen molar-refractivity contribution in [2.24, 2.45) is 0 Å². The molecule has 6 heteroatoms. The summed E-state index contributed by atoms with van der Waals surface area (Å²) in [5.74, 6) is 0.993. The van der Waals surface area contributed by atoms with Crippen LogP contribution in [0.5, 0.6) is 0 Å². The molecule has 0 unspecified atom stereocenters. The molecule has 1 amide bonds. The van der Waals surface area contributed by atoms with Gasteiger partial charge in [0.2, 0.25) is 0 Å². The first-order valence-electron chi connectivity index (χ1n) is 9.47. The fourth-order valence-electron chi connectivity index (χ4n) is 2.96. The van der Waals surface area contributed by atoms with Gasteiger partial charge in [-0.15, -0.1) is 11.8 Å². The number of hydrogen-bond donors (Lipinski definition) is 0. The Hall–Kier alpha value is -1.89. The fraction of sp³-hybridized carbons (Fsp3) is 0.364. The molecule has 0 aliphatic carbocycles. The molecular formula is C22H27N3OS2. The molecule has 4 nitrogen and oxygen atoms in total. The minimum Gasteiger partial charge on any atom is -0.308 e. The number of rotatable bonds is 7. The Morgan fingerprint density at radius 1 is 1.14 bits per heavy atom. The largest absolute Gasteiger partial charge is 0.308 e. The molecule has 3 aromatic rings. The van der Waals surface area contributed by atoms with Crippen LogP contribution in [-0.4, -0.2) is 48.7 Å². The lowest BCUT2D eigenvalue weighted by Crippen LogP contribution is -2.36. The maximum Gasteiger partial charge on any atom is 0.260 e. The molecule has 3 rings (SSSR count). The second kappa shape index (κ2) is 9.07. The minimum absolute atomic E-state index is 0.00818. The molecule has 0 aliphatic heterocycles. The summed E-state index contributed by atoms with van der Waals surface area (Å²) >= 11 is 3.34. The predicted molar refractivity (Wildman–Crippen MR) is 122 cm³/mol. The predicted octanol–water partition coefficient (Wildman–Crippen LogP) is 5.23. The van der Waals surface area contributed by atoms with Gasteiger partial charge in [0.1, 0.15) is 0 Å². The maximum atomic E-state index is 13.4. The van der Waals surface area contributed by atoms with Crippen molar-refractivity contribution in [2.45, 2.75) is 25.7 Å². The maximum absolute atomic E-state index is 13.4. The molecule has 0 spiro atoms. The summed E-state index contributed by atoms with van der Waals surface area (Å²) < 4.78 is 1.12. The van der Waals surface area contributed by atoms with Crippen LogP contribution >= 0.6 is 23.1 Å². The minimum atomic E-state index is 0.00818. The van der Waals surface area contributed by atoms with Gasteiger partial charge in [-0.05, 0) is 69.1 Å². The third kappa shape index (κ3) is 4.57. The van der Waals surface area contributed by atoms with Gasteiger partial charge < -0.3 is 4.90 Å². The lowest BCUT2D eigenvalue weighted by atomic mass is 10.1. The molecule has 0 atom stereocenters. The van der Waals surface area contributed by atoms with Crippen LogP contribution in [0.25, 0.3) is 10.2 Å². The topological polar surface area (TPSA) is 36.4 Å². The third-order valence-corrected chi connectivity index (χ3v) is 6.63. The number of aromatic nitrogens is 1. The van der Waals surface area contributed by atoms with E-state index >= 15 is 0 Å². The number of likely N-dealkylation sites (N-methyl/N-ethyl adjacent to an activating group) is 1. The number of nitrogens with zero attached hydrogens (tertiary/aromatic N) is 3. The molecule has 0 bridgehead atoms. The highest BCUT2D eigenvalue weighted by Crippen LogP contribution is 2.33. The van der Waals surface area contributed by atoms with E-state index in [1.54, 1.807) is 23.1 Å². The first-order chi connectivity index (χ1) is 13.4. The van der Waals surface area contributed by atoms with Crippen LogP contribution in [0.15, 0.2) is 41.3 Å². The Balaban J connectivity index is 2.00. The van der Waals surface area contributed by atoms with E-state index < -0.39 is 0 Å². The molecule has 1 heterocycles.